The van der Waals surface area contributed by atoms with E-state index in [1.165, 1.54) is 4.88 Å². The summed E-state index contributed by atoms with van der Waals surface area (Å²) in [7, 11) is 0. The van der Waals surface area contributed by atoms with Crippen molar-refractivity contribution in [1.29, 1.82) is 0 Å². The molecule has 1 atom stereocenters. The molecule has 2 rings (SSSR count). The number of hydrogen-bond acceptors (Lipinski definition) is 3. The number of hydrogen-bond donors (Lipinski definition) is 1. The number of rotatable bonds is 2. The van der Waals surface area contributed by atoms with Crippen LogP contribution in [-0.4, -0.2) is 28.7 Å². The van der Waals surface area contributed by atoms with Crippen LogP contribution in [0.4, 0.5) is 0 Å². The first-order chi connectivity index (χ1) is 6.55. The smallest absolute Gasteiger partial charge is 0.0758 e. The van der Waals surface area contributed by atoms with Crippen molar-refractivity contribution in [3.8, 4) is 0 Å². The summed E-state index contributed by atoms with van der Waals surface area (Å²) in [6.07, 6.45) is 0.888. The Labute approximate surface area is 96.7 Å². The van der Waals surface area contributed by atoms with Crippen molar-refractivity contribution in [1.82, 2.24) is 4.90 Å². The van der Waals surface area contributed by atoms with E-state index in [2.05, 4.69) is 32.3 Å². The summed E-state index contributed by atoms with van der Waals surface area (Å²) < 4.78 is 1.16. The summed E-state index contributed by atoms with van der Waals surface area (Å²) in [6.45, 7) is 4.68. The Morgan fingerprint density at radius 1 is 1.71 bits per heavy atom. The van der Waals surface area contributed by atoms with Gasteiger partial charge in [-0.25, -0.2) is 0 Å². The zero-order chi connectivity index (χ0) is 10.2. The van der Waals surface area contributed by atoms with Crippen LogP contribution in [0.3, 0.4) is 0 Å². The molecule has 1 saturated heterocycles. The monoisotopic (exact) mass is 275 g/mol. The summed E-state index contributed by atoms with van der Waals surface area (Å²) in [5.74, 6) is 0. The van der Waals surface area contributed by atoms with Crippen molar-refractivity contribution >= 4 is 27.3 Å². The topological polar surface area (TPSA) is 23.5 Å². The fourth-order valence-corrected chi connectivity index (χ4v) is 3.32. The molecule has 0 spiro atoms. The first kappa shape index (κ1) is 10.6. The molecule has 1 fully saturated rings. The number of halogens is 1. The lowest BCUT2D eigenvalue weighted by Crippen LogP contribution is -2.29. The molecule has 0 aromatic carbocycles. The van der Waals surface area contributed by atoms with Crippen molar-refractivity contribution in [3.63, 3.8) is 0 Å². The minimum atomic E-state index is -0.478. The quantitative estimate of drug-likeness (QED) is 0.897. The molecule has 1 aliphatic rings. The Balaban J connectivity index is 1.94. The molecule has 0 radical (unpaired) electrons. The Morgan fingerprint density at radius 2 is 2.50 bits per heavy atom. The van der Waals surface area contributed by atoms with Crippen LogP contribution in [-0.2, 0) is 6.54 Å². The first-order valence-corrected chi connectivity index (χ1v) is 6.40. The molecule has 14 heavy (non-hydrogen) atoms. The average molecular weight is 276 g/mol. The molecule has 4 heteroatoms. The number of aliphatic hydroxyl groups is 1. The molecule has 2 nitrogen and oxygen atoms in total. The lowest BCUT2D eigenvalue weighted by atomic mass is 10.1. The van der Waals surface area contributed by atoms with Gasteiger partial charge < -0.3 is 5.11 Å². The first-order valence-electron chi connectivity index (χ1n) is 4.73. The molecule has 1 unspecified atom stereocenters. The van der Waals surface area contributed by atoms with E-state index < -0.39 is 5.60 Å². The number of thiophene rings is 1. The van der Waals surface area contributed by atoms with Gasteiger partial charge in [0.05, 0.1) is 5.60 Å². The van der Waals surface area contributed by atoms with Gasteiger partial charge in [-0.2, -0.15) is 0 Å². The molecular formula is C10H14BrNOS. The van der Waals surface area contributed by atoms with Crippen molar-refractivity contribution < 1.29 is 5.11 Å². The second kappa shape index (κ2) is 3.93. The van der Waals surface area contributed by atoms with E-state index in [9.17, 15) is 5.11 Å². The van der Waals surface area contributed by atoms with Gasteiger partial charge in [0.15, 0.2) is 0 Å². The second-order valence-electron chi connectivity index (χ2n) is 4.19. The predicted octanol–water partition coefficient (Wildman–Crippen LogP) is 2.47. The maximum Gasteiger partial charge on any atom is 0.0758 e. The van der Waals surface area contributed by atoms with E-state index in [-0.39, 0.29) is 0 Å². The SMILES string of the molecule is CC1(O)CCN(Cc2cc(Br)cs2)C1. The standard InChI is InChI=1S/C10H14BrNOS/c1-10(13)2-3-12(7-10)5-9-4-8(11)6-14-9/h4,6,13H,2-3,5,7H2,1H3. The van der Waals surface area contributed by atoms with Crippen LogP contribution < -0.4 is 0 Å². The minimum absolute atomic E-state index is 0.478. The Kier molecular flexibility index (Phi) is 2.98. The highest BCUT2D eigenvalue weighted by Gasteiger charge is 2.31. The summed E-state index contributed by atoms with van der Waals surface area (Å²) in [6, 6.07) is 2.15. The van der Waals surface area contributed by atoms with E-state index in [4.69, 9.17) is 0 Å². The molecule has 0 bridgehead atoms. The molecule has 0 saturated carbocycles. The van der Waals surface area contributed by atoms with Crippen LogP contribution in [0.25, 0.3) is 0 Å². The number of β-amino-alcohol motifs (C(OH)–C–C–N with tert-alkyl or cyclic N) is 1. The van der Waals surface area contributed by atoms with Crippen LogP contribution in [0.2, 0.25) is 0 Å². The summed E-state index contributed by atoms with van der Waals surface area (Å²) in [5.41, 5.74) is -0.478. The molecule has 1 aromatic heterocycles. The van der Waals surface area contributed by atoms with E-state index in [1.54, 1.807) is 11.3 Å². The van der Waals surface area contributed by atoms with Gasteiger partial charge in [0.25, 0.3) is 0 Å². The Hall–Kier alpha value is 0.1000. The average Bonchev–Trinajstić information content (AvgIpc) is 2.59. The van der Waals surface area contributed by atoms with Crippen molar-refractivity contribution in [2.24, 2.45) is 0 Å². The fraction of sp³-hybridized carbons (Fsp3) is 0.600. The maximum absolute atomic E-state index is 9.80. The van der Waals surface area contributed by atoms with Gasteiger partial charge in [0, 0.05) is 34.4 Å². The van der Waals surface area contributed by atoms with E-state index >= 15 is 0 Å². The summed E-state index contributed by atoms with van der Waals surface area (Å²) in [4.78, 5) is 3.66. The van der Waals surface area contributed by atoms with Gasteiger partial charge in [-0.05, 0) is 35.3 Å². The molecule has 1 N–H and O–H groups in total. The number of likely N-dealkylation sites (tertiary alicyclic amines) is 1. The minimum Gasteiger partial charge on any atom is -0.389 e. The zero-order valence-corrected chi connectivity index (χ0v) is 10.6. The van der Waals surface area contributed by atoms with Gasteiger partial charge in [-0.1, -0.05) is 0 Å². The van der Waals surface area contributed by atoms with Crippen LogP contribution >= 0.6 is 27.3 Å². The molecule has 78 valence electrons. The molecule has 0 aliphatic carbocycles. The molecular weight excluding hydrogens is 262 g/mol. The summed E-state index contributed by atoms with van der Waals surface area (Å²) in [5, 5.41) is 11.9. The van der Waals surface area contributed by atoms with Crippen LogP contribution in [0.1, 0.15) is 18.2 Å². The highest BCUT2D eigenvalue weighted by Crippen LogP contribution is 2.25. The van der Waals surface area contributed by atoms with Gasteiger partial charge in [-0.3, -0.25) is 4.90 Å². The molecule has 0 amide bonds. The lowest BCUT2D eigenvalue weighted by Gasteiger charge is -2.17. The highest BCUT2D eigenvalue weighted by atomic mass is 79.9. The van der Waals surface area contributed by atoms with E-state index in [0.717, 1.165) is 30.5 Å². The van der Waals surface area contributed by atoms with Crippen LogP contribution in [0.15, 0.2) is 15.9 Å². The lowest BCUT2D eigenvalue weighted by molar-refractivity contribution is 0.0680. The van der Waals surface area contributed by atoms with Gasteiger partial charge in [-0.15, -0.1) is 11.3 Å². The third kappa shape index (κ3) is 2.57. The van der Waals surface area contributed by atoms with E-state index in [1.807, 2.05) is 6.92 Å². The van der Waals surface area contributed by atoms with Crippen LogP contribution in [0, 0.1) is 0 Å². The van der Waals surface area contributed by atoms with Gasteiger partial charge >= 0.3 is 0 Å². The predicted molar refractivity (Wildman–Crippen MR) is 62.5 cm³/mol. The van der Waals surface area contributed by atoms with E-state index in [0.29, 0.717) is 0 Å². The number of nitrogens with zero attached hydrogens (tertiary/aromatic N) is 1. The van der Waals surface area contributed by atoms with Gasteiger partial charge in [0.1, 0.15) is 0 Å². The normalized spacial score (nSPS) is 28.5. The fourth-order valence-electron chi connectivity index (χ4n) is 1.83. The Bertz CT molecular complexity index is 324. The zero-order valence-electron chi connectivity index (χ0n) is 8.16. The third-order valence-electron chi connectivity index (χ3n) is 2.53. The van der Waals surface area contributed by atoms with Crippen molar-refractivity contribution in [2.75, 3.05) is 13.1 Å². The van der Waals surface area contributed by atoms with Crippen molar-refractivity contribution in [2.45, 2.75) is 25.5 Å². The largest absolute Gasteiger partial charge is 0.389 e. The summed E-state index contributed by atoms with van der Waals surface area (Å²) >= 11 is 5.21. The molecule has 2 heterocycles. The van der Waals surface area contributed by atoms with Crippen molar-refractivity contribution in [3.05, 3.63) is 20.8 Å². The van der Waals surface area contributed by atoms with Gasteiger partial charge in [0.2, 0.25) is 0 Å². The maximum atomic E-state index is 9.80. The molecule has 1 aliphatic heterocycles. The third-order valence-corrected chi connectivity index (χ3v) is 4.21. The van der Waals surface area contributed by atoms with Crippen LogP contribution in [0.5, 0.6) is 0 Å². The second-order valence-corrected chi connectivity index (χ2v) is 6.10. The highest BCUT2D eigenvalue weighted by molar-refractivity contribution is 9.10. The Morgan fingerprint density at radius 3 is 3.00 bits per heavy atom. The molecule has 1 aromatic rings.